The average molecular weight is 260 g/mol. The van der Waals surface area contributed by atoms with E-state index in [4.69, 9.17) is 23.2 Å². The second-order valence-electron chi connectivity index (χ2n) is 4.49. The molecule has 0 unspecified atom stereocenters. The fraction of sp³-hybridized carbons (Fsp3) is 0.538. The van der Waals surface area contributed by atoms with E-state index in [2.05, 4.69) is 25.8 Å². The molecule has 1 nitrogen and oxygen atoms in total. The van der Waals surface area contributed by atoms with Crippen molar-refractivity contribution in [1.82, 2.24) is 0 Å². The minimum Gasteiger partial charge on any atom is -0.373 e. The molecule has 0 aliphatic carbocycles. The highest BCUT2D eigenvalue weighted by molar-refractivity contribution is 6.33. The van der Waals surface area contributed by atoms with Crippen molar-refractivity contribution in [3.8, 4) is 0 Å². The molecule has 1 aromatic carbocycles. The van der Waals surface area contributed by atoms with E-state index in [0.717, 1.165) is 29.2 Å². The van der Waals surface area contributed by atoms with Crippen molar-refractivity contribution >= 4 is 28.9 Å². The lowest BCUT2D eigenvalue weighted by Crippen LogP contribution is -2.21. The van der Waals surface area contributed by atoms with Gasteiger partial charge in [-0.15, -0.1) is 11.6 Å². The molecule has 0 bridgehead atoms. The molecule has 1 rings (SSSR count). The monoisotopic (exact) mass is 259 g/mol. The molecule has 0 aromatic heterocycles. The van der Waals surface area contributed by atoms with Crippen LogP contribution in [0.4, 0.5) is 5.69 Å². The predicted molar refractivity (Wildman–Crippen MR) is 73.7 cm³/mol. The third kappa shape index (κ3) is 3.57. The Morgan fingerprint density at radius 3 is 2.56 bits per heavy atom. The van der Waals surface area contributed by atoms with E-state index in [1.165, 1.54) is 0 Å². The third-order valence-electron chi connectivity index (χ3n) is 2.64. The largest absolute Gasteiger partial charge is 0.373 e. The molecule has 0 fully saturated rings. The van der Waals surface area contributed by atoms with Crippen molar-refractivity contribution < 1.29 is 0 Å². The number of anilines is 1. The van der Waals surface area contributed by atoms with E-state index in [1.54, 1.807) is 0 Å². The van der Waals surface area contributed by atoms with Crippen LogP contribution in [0.2, 0.25) is 5.02 Å². The van der Waals surface area contributed by atoms with Crippen LogP contribution in [-0.2, 0) is 5.88 Å². The van der Waals surface area contributed by atoms with Gasteiger partial charge in [-0.2, -0.15) is 0 Å². The summed E-state index contributed by atoms with van der Waals surface area (Å²) in [4.78, 5) is 2.19. The molecule has 3 heteroatoms. The lowest BCUT2D eigenvalue weighted by molar-refractivity contribution is 0.585. The molecule has 0 saturated carbocycles. The number of hydrogen-bond acceptors (Lipinski definition) is 1. The van der Waals surface area contributed by atoms with E-state index in [0.29, 0.717) is 11.8 Å². The van der Waals surface area contributed by atoms with Gasteiger partial charge in [-0.05, 0) is 24.0 Å². The first-order chi connectivity index (χ1) is 7.56. The molecule has 0 amide bonds. The summed E-state index contributed by atoms with van der Waals surface area (Å²) in [5, 5.41) is 0.782. The van der Waals surface area contributed by atoms with Gasteiger partial charge in [0.05, 0.1) is 10.7 Å². The Morgan fingerprint density at radius 2 is 2.00 bits per heavy atom. The zero-order valence-electron chi connectivity index (χ0n) is 10.1. The SMILES string of the molecule is CC(C)CCN(C)c1c(Cl)cccc1CCl. The summed E-state index contributed by atoms with van der Waals surface area (Å²) in [5.41, 5.74) is 2.17. The van der Waals surface area contributed by atoms with Gasteiger partial charge in [0.15, 0.2) is 0 Å². The van der Waals surface area contributed by atoms with Crippen LogP contribution in [-0.4, -0.2) is 13.6 Å². The van der Waals surface area contributed by atoms with Gasteiger partial charge in [0.2, 0.25) is 0 Å². The zero-order valence-corrected chi connectivity index (χ0v) is 11.6. The summed E-state index contributed by atoms with van der Waals surface area (Å²) in [6.07, 6.45) is 1.16. The number of alkyl halides is 1. The van der Waals surface area contributed by atoms with Crippen LogP contribution in [0.1, 0.15) is 25.8 Å². The van der Waals surface area contributed by atoms with E-state index in [1.807, 2.05) is 18.2 Å². The Labute approximate surface area is 108 Å². The average Bonchev–Trinajstić information content (AvgIpc) is 2.25. The fourth-order valence-electron chi connectivity index (χ4n) is 1.66. The minimum absolute atomic E-state index is 0.502. The van der Waals surface area contributed by atoms with Crippen LogP contribution < -0.4 is 4.90 Å². The van der Waals surface area contributed by atoms with Crippen LogP contribution >= 0.6 is 23.2 Å². The van der Waals surface area contributed by atoms with Crippen molar-refractivity contribution in [1.29, 1.82) is 0 Å². The van der Waals surface area contributed by atoms with E-state index in [9.17, 15) is 0 Å². The maximum atomic E-state index is 6.22. The molecule has 0 saturated heterocycles. The molecule has 0 aliphatic rings. The van der Waals surface area contributed by atoms with Gasteiger partial charge in [0.25, 0.3) is 0 Å². The van der Waals surface area contributed by atoms with Gasteiger partial charge in [-0.25, -0.2) is 0 Å². The summed E-state index contributed by atoms with van der Waals surface area (Å²) in [6, 6.07) is 5.89. The highest BCUT2D eigenvalue weighted by Crippen LogP contribution is 2.30. The second kappa shape index (κ2) is 6.36. The molecule has 0 radical (unpaired) electrons. The summed E-state index contributed by atoms with van der Waals surface area (Å²) >= 11 is 12.1. The van der Waals surface area contributed by atoms with E-state index >= 15 is 0 Å². The molecular formula is C13H19Cl2N. The number of nitrogens with zero attached hydrogens (tertiary/aromatic N) is 1. The first-order valence-corrected chi connectivity index (χ1v) is 6.52. The van der Waals surface area contributed by atoms with E-state index < -0.39 is 0 Å². The molecule has 1 aromatic rings. The second-order valence-corrected chi connectivity index (χ2v) is 5.16. The highest BCUT2D eigenvalue weighted by atomic mass is 35.5. The molecule has 0 heterocycles. The Kier molecular flexibility index (Phi) is 5.43. The summed E-state index contributed by atoms with van der Waals surface area (Å²) in [6.45, 7) is 5.46. The van der Waals surface area contributed by atoms with Gasteiger partial charge >= 0.3 is 0 Å². The summed E-state index contributed by atoms with van der Waals surface area (Å²) in [7, 11) is 2.07. The van der Waals surface area contributed by atoms with Gasteiger partial charge in [-0.1, -0.05) is 37.6 Å². The highest BCUT2D eigenvalue weighted by Gasteiger charge is 2.11. The van der Waals surface area contributed by atoms with Gasteiger partial charge in [0, 0.05) is 19.5 Å². The van der Waals surface area contributed by atoms with Crippen LogP contribution in [0, 0.1) is 5.92 Å². The van der Waals surface area contributed by atoms with Crippen molar-refractivity contribution in [3.63, 3.8) is 0 Å². The van der Waals surface area contributed by atoms with Crippen LogP contribution in [0.5, 0.6) is 0 Å². The molecule has 0 N–H and O–H groups in total. The number of benzene rings is 1. The van der Waals surface area contributed by atoms with Crippen LogP contribution in [0.25, 0.3) is 0 Å². The quantitative estimate of drug-likeness (QED) is 0.701. The maximum absolute atomic E-state index is 6.22. The lowest BCUT2D eigenvalue weighted by Gasteiger charge is -2.24. The standard InChI is InChI=1S/C13H19Cl2N/c1-10(2)7-8-16(3)13-11(9-14)5-4-6-12(13)15/h4-6,10H,7-9H2,1-3H3. The van der Waals surface area contributed by atoms with Gasteiger partial charge in [0.1, 0.15) is 0 Å². The Hall–Kier alpha value is -0.400. The predicted octanol–water partition coefficient (Wildman–Crippen LogP) is 4.56. The van der Waals surface area contributed by atoms with E-state index in [-0.39, 0.29) is 0 Å². The molecule has 90 valence electrons. The molecule has 0 aliphatic heterocycles. The Balaban J connectivity index is 2.84. The molecule has 16 heavy (non-hydrogen) atoms. The molecule has 0 atom stereocenters. The smallest absolute Gasteiger partial charge is 0.0642 e. The van der Waals surface area contributed by atoms with Crippen LogP contribution in [0.15, 0.2) is 18.2 Å². The maximum Gasteiger partial charge on any atom is 0.0642 e. The lowest BCUT2D eigenvalue weighted by atomic mass is 10.1. The van der Waals surface area contributed by atoms with Gasteiger partial charge < -0.3 is 4.90 Å². The Morgan fingerprint density at radius 1 is 1.31 bits per heavy atom. The third-order valence-corrected chi connectivity index (χ3v) is 3.23. The summed E-state index contributed by atoms with van der Waals surface area (Å²) in [5.74, 6) is 1.20. The van der Waals surface area contributed by atoms with Crippen molar-refractivity contribution in [2.45, 2.75) is 26.1 Å². The number of hydrogen-bond donors (Lipinski definition) is 0. The van der Waals surface area contributed by atoms with Gasteiger partial charge in [-0.3, -0.25) is 0 Å². The topological polar surface area (TPSA) is 3.24 Å². The normalized spacial score (nSPS) is 10.9. The van der Waals surface area contributed by atoms with Crippen molar-refractivity contribution in [2.75, 3.05) is 18.5 Å². The first kappa shape index (κ1) is 13.7. The minimum atomic E-state index is 0.502. The van der Waals surface area contributed by atoms with Crippen molar-refractivity contribution in [3.05, 3.63) is 28.8 Å². The molecule has 0 spiro atoms. The number of halogens is 2. The first-order valence-electron chi connectivity index (χ1n) is 5.60. The zero-order chi connectivity index (χ0) is 12.1. The number of rotatable bonds is 5. The Bertz CT molecular complexity index is 337. The summed E-state index contributed by atoms with van der Waals surface area (Å²) < 4.78 is 0. The fourth-order valence-corrected chi connectivity index (χ4v) is 2.21. The van der Waals surface area contributed by atoms with Crippen LogP contribution in [0.3, 0.4) is 0 Å². The molecular weight excluding hydrogens is 241 g/mol. The number of para-hydroxylation sites is 1. The van der Waals surface area contributed by atoms with Crippen molar-refractivity contribution in [2.24, 2.45) is 5.92 Å².